The van der Waals surface area contributed by atoms with E-state index in [0.29, 0.717) is 23.1 Å². The number of hydrogen-bond acceptors (Lipinski definition) is 2. The second kappa shape index (κ2) is 3.90. The van der Waals surface area contributed by atoms with Crippen LogP contribution in [-0.4, -0.2) is 18.5 Å². The summed E-state index contributed by atoms with van der Waals surface area (Å²) in [5.74, 6) is -0.622. The third-order valence-corrected chi connectivity index (χ3v) is 2.94. The minimum Gasteiger partial charge on any atom is -0.320 e. The van der Waals surface area contributed by atoms with Crippen LogP contribution in [0.15, 0.2) is 22.7 Å². The van der Waals surface area contributed by atoms with Gasteiger partial charge in [0, 0.05) is 11.0 Å². The molecule has 80 valence electrons. The normalized spacial score (nSPS) is 21.1. The van der Waals surface area contributed by atoms with Crippen molar-refractivity contribution in [1.29, 1.82) is 0 Å². The molecule has 1 fully saturated rings. The van der Waals surface area contributed by atoms with Crippen LogP contribution in [0.4, 0.5) is 10.1 Å². The molecule has 0 spiro atoms. The van der Waals surface area contributed by atoms with E-state index in [2.05, 4.69) is 15.9 Å². The Hall–Kier alpha value is -0.940. The smallest absolute Gasteiger partial charge is 0.244 e. The lowest BCUT2D eigenvalue weighted by Crippen LogP contribution is -2.34. The topological polar surface area (TPSA) is 46.3 Å². The molecule has 5 heteroatoms. The van der Waals surface area contributed by atoms with E-state index in [1.807, 2.05) is 0 Å². The summed E-state index contributed by atoms with van der Waals surface area (Å²) in [7, 11) is 0. The molecule has 0 radical (unpaired) electrons. The van der Waals surface area contributed by atoms with Crippen molar-refractivity contribution in [3.05, 3.63) is 28.5 Å². The fourth-order valence-corrected chi connectivity index (χ4v) is 1.97. The molecule has 0 bridgehead atoms. The second-order valence-electron chi connectivity index (χ2n) is 3.48. The molecule has 0 aromatic heterocycles. The Kier molecular flexibility index (Phi) is 2.75. The number of nitrogens with zero attached hydrogens (tertiary/aromatic N) is 1. The molecule has 1 atom stereocenters. The van der Waals surface area contributed by atoms with Crippen LogP contribution in [0.25, 0.3) is 0 Å². The van der Waals surface area contributed by atoms with Crippen LogP contribution in [0.3, 0.4) is 0 Å². The van der Waals surface area contributed by atoms with E-state index >= 15 is 0 Å². The van der Waals surface area contributed by atoms with Gasteiger partial charge in [-0.3, -0.25) is 4.79 Å². The van der Waals surface area contributed by atoms with Crippen LogP contribution in [0.5, 0.6) is 0 Å². The summed E-state index contributed by atoms with van der Waals surface area (Å²) < 4.78 is 14.2. The van der Waals surface area contributed by atoms with Crippen molar-refractivity contribution in [2.75, 3.05) is 11.4 Å². The van der Waals surface area contributed by atoms with E-state index in [0.717, 1.165) is 0 Å². The largest absolute Gasteiger partial charge is 0.320 e. The molecule has 0 unspecified atom stereocenters. The molecule has 0 aliphatic carbocycles. The van der Waals surface area contributed by atoms with Gasteiger partial charge < -0.3 is 10.6 Å². The van der Waals surface area contributed by atoms with Crippen molar-refractivity contribution in [2.24, 2.45) is 5.73 Å². The summed E-state index contributed by atoms with van der Waals surface area (Å²) in [6.45, 7) is 0.485. The van der Waals surface area contributed by atoms with Crippen molar-refractivity contribution >= 4 is 27.5 Å². The predicted molar refractivity (Wildman–Crippen MR) is 59.0 cm³/mol. The molecule has 15 heavy (non-hydrogen) atoms. The molecule has 1 aliphatic heterocycles. The van der Waals surface area contributed by atoms with Crippen molar-refractivity contribution in [3.63, 3.8) is 0 Å². The van der Waals surface area contributed by atoms with E-state index in [4.69, 9.17) is 5.73 Å². The number of benzene rings is 1. The van der Waals surface area contributed by atoms with Crippen molar-refractivity contribution < 1.29 is 9.18 Å². The van der Waals surface area contributed by atoms with Gasteiger partial charge in [0.2, 0.25) is 5.91 Å². The van der Waals surface area contributed by atoms with Crippen LogP contribution in [0.1, 0.15) is 6.42 Å². The number of carbonyl (C=O) groups is 1. The molecule has 1 aromatic carbocycles. The maximum absolute atomic E-state index is 13.5. The lowest BCUT2D eigenvalue weighted by molar-refractivity contribution is -0.118. The third kappa shape index (κ3) is 1.89. The fourth-order valence-electron chi connectivity index (χ4n) is 1.64. The van der Waals surface area contributed by atoms with Gasteiger partial charge in [0.25, 0.3) is 0 Å². The number of halogens is 2. The highest BCUT2D eigenvalue weighted by Gasteiger charge is 2.30. The Labute approximate surface area is 95.2 Å². The average Bonchev–Trinajstić information content (AvgIpc) is 2.49. The Bertz CT molecular complexity index is 410. The molecule has 3 nitrogen and oxygen atoms in total. The van der Waals surface area contributed by atoms with Crippen LogP contribution in [-0.2, 0) is 4.79 Å². The summed E-state index contributed by atoms with van der Waals surface area (Å²) in [5.41, 5.74) is 5.87. The lowest BCUT2D eigenvalue weighted by Gasteiger charge is -2.16. The first-order valence-electron chi connectivity index (χ1n) is 4.61. The monoisotopic (exact) mass is 272 g/mol. The minimum absolute atomic E-state index is 0.212. The Balaban J connectivity index is 2.34. The van der Waals surface area contributed by atoms with E-state index in [1.165, 1.54) is 11.0 Å². The first kappa shape index (κ1) is 10.6. The standard InChI is InChI=1S/C10H10BrFN2O/c11-6-1-2-9(7(12)5-6)14-4-3-8(13)10(14)15/h1-2,5,8H,3-4,13H2/t8-/m0/s1. The number of carbonyl (C=O) groups excluding carboxylic acids is 1. The number of rotatable bonds is 1. The van der Waals surface area contributed by atoms with Gasteiger partial charge in [-0.2, -0.15) is 0 Å². The predicted octanol–water partition coefficient (Wildman–Crippen LogP) is 1.65. The van der Waals surface area contributed by atoms with Crippen LogP contribution in [0, 0.1) is 5.82 Å². The lowest BCUT2D eigenvalue weighted by atomic mass is 10.2. The number of amides is 1. The van der Waals surface area contributed by atoms with Crippen LogP contribution in [0.2, 0.25) is 0 Å². The zero-order valence-electron chi connectivity index (χ0n) is 7.91. The molecular formula is C10H10BrFN2O. The summed E-state index contributed by atoms with van der Waals surface area (Å²) in [4.78, 5) is 13.0. The van der Waals surface area contributed by atoms with Gasteiger partial charge in [-0.1, -0.05) is 15.9 Å². The zero-order chi connectivity index (χ0) is 11.0. The Morgan fingerprint density at radius 3 is 2.80 bits per heavy atom. The molecule has 1 aliphatic rings. The van der Waals surface area contributed by atoms with Crippen LogP contribution < -0.4 is 10.6 Å². The highest BCUT2D eigenvalue weighted by Crippen LogP contribution is 2.26. The fraction of sp³-hybridized carbons (Fsp3) is 0.300. The molecule has 1 amide bonds. The zero-order valence-corrected chi connectivity index (χ0v) is 9.50. The first-order chi connectivity index (χ1) is 7.09. The van der Waals surface area contributed by atoms with Gasteiger partial charge in [0.1, 0.15) is 5.82 Å². The molecule has 1 aromatic rings. The molecular weight excluding hydrogens is 263 g/mol. The minimum atomic E-state index is -0.493. The van der Waals surface area contributed by atoms with Crippen molar-refractivity contribution in [3.8, 4) is 0 Å². The summed E-state index contributed by atoms with van der Waals surface area (Å²) in [6, 6.07) is 4.13. The quantitative estimate of drug-likeness (QED) is 0.845. The van der Waals surface area contributed by atoms with Crippen molar-refractivity contribution in [1.82, 2.24) is 0 Å². The van der Waals surface area contributed by atoms with Gasteiger partial charge in [0.05, 0.1) is 11.7 Å². The maximum atomic E-state index is 13.5. The average molecular weight is 273 g/mol. The van der Waals surface area contributed by atoms with E-state index in [-0.39, 0.29) is 5.91 Å². The second-order valence-corrected chi connectivity index (χ2v) is 4.40. The summed E-state index contributed by atoms with van der Waals surface area (Å²) in [6.07, 6.45) is 0.578. The highest BCUT2D eigenvalue weighted by molar-refractivity contribution is 9.10. The van der Waals surface area contributed by atoms with E-state index in [9.17, 15) is 9.18 Å². The molecule has 2 rings (SSSR count). The first-order valence-corrected chi connectivity index (χ1v) is 5.41. The van der Waals surface area contributed by atoms with Gasteiger partial charge in [0.15, 0.2) is 0 Å². The third-order valence-electron chi connectivity index (χ3n) is 2.45. The van der Waals surface area contributed by atoms with Gasteiger partial charge in [-0.25, -0.2) is 4.39 Å². The van der Waals surface area contributed by atoms with Gasteiger partial charge in [-0.05, 0) is 24.6 Å². The molecule has 2 N–H and O–H groups in total. The Morgan fingerprint density at radius 1 is 1.53 bits per heavy atom. The van der Waals surface area contributed by atoms with Gasteiger partial charge >= 0.3 is 0 Å². The number of hydrogen-bond donors (Lipinski definition) is 1. The summed E-state index contributed by atoms with van der Waals surface area (Å²) >= 11 is 3.16. The Morgan fingerprint density at radius 2 is 2.27 bits per heavy atom. The van der Waals surface area contributed by atoms with Crippen LogP contribution >= 0.6 is 15.9 Å². The SMILES string of the molecule is N[C@H]1CCN(c2ccc(Br)cc2F)C1=O. The molecule has 1 heterocycles. The van der Waals surface area contributed by atoms with Gasteiger partial charge in [-0.15, -0.1) is 0 Å². The summed E-state index contributed by atoms with van der Waals surface area (Å²) in [5, 5.41) is 0. The maximum Gasteiger partial charge on any atom is 0.244 e. The molecule has 0 saturated carbocycles. The van der Waals surface area contributed by atoms with E-state index in [1.54, 1.807) is 12.1 Å². The van der Waals surface area contributed by atoms with E-state index < -0.39 is 11.9 Å². The van der Waals surface area contributed by atoms with Crippen molar-refractivity contribution in [2.45, 2.75) is 12.5 Å². The number of anilines is 1. The molecule has 1 saturated heterocycles. The highest BCUT2D eigenvalue weighted by atomic mass is 79.9. The number of nitrogens with two attached hydrogens (primary N) is 1.